The number of epoxide rings is 1. The highest BCUT2D eigenvalue weighted by Gasteiger charge is 2.47. The Morgan fingerprint density at radius 1 is 0.900 bits per heavy atom. The first-order valence-corrected chi connectivity index (χ1v) is 11.0. The monoisotopic (exact) mass is 523 g/mol. The summed E-state index contributed by atoms with van der Waals surface area (Å²) in [5.41, 5.74) is 2.76. The van der Waals surface area contributed by atoms with Gasteiger partial charge >= 0.3 is 0 Å². The van der Waals surface area contributed by atoms with E-state index in [4.69, 9.17) is 4.74 Å². The fourth-order valence-electron chi connectivity index (χ4n) is 3.80. The Balaban J connectivity index is 1.67. The zero-order chi connectivity index (χ0) is 20.8. The molecule has 2 atom stereocenters. The van der Waals surface area contributed by atoms with Crippen molar-refractivity contribution in [2.24, 2.45) is 0 Å². The maximum atomic E-state index is 13.5. The largest absolute Gasteiger partial charge is 0.356 e. The van der Waals surface area contributed by atoms with Gasteiger partial charge in [0.1, 0.15) is 6.10 Å². The molecule has 1 aliphatic heterocycles. The molecule has 4 aromatic rings. The van der Waals surface area contributed by atoms with Crippen LogP contribution in [0.25, 0.3) is 22.0 Å². The number of hydrogen-bond acceptors (Lipinski definition) is 3. The molecule has 1 saturated heterocycles. The van der Waals surface area contributed by atoms with Gasteiger partial charge in [-0.05, 0) is 41.5 Å². The molecule has 0 radical (unpaired) electrons. The highest BCUT2D eigenvalue weighted by atomic mass is 79.9. The van der Waals surface area contributed by atoms with Gasteiger partial charge in [0.2, 0.25) is 5.78 Å². The SMILES string of the molecule is O=C(c1c(-c2ccccc2)c2cc(Br)ccc2[nH]c1=O)C1OC1c1cccc(Br)c1. The topological polar surface area (TPSA) is 62.5 Å². The molecule has 0 spiro atoms. The molecule has 5 rings (SSSR count). The third kappa shape index (κ3) is 3.45. The van der Waals surface area contributed by atoms with Gasteiger partial charge in [0.05, 0.1) is 5.56 Å². The second kappa shape index (κ2) is 7.61. The van der Waals surface area contributed by atoms with E-state index >= 15 is 0 Å². The smallest absolute Gasteiger partial charge is 0.260 e. The molecule has 0 amide bonds. The number of aromatic amines is 1. The highest BCUT2D eigenvalue weighted by molar-refractivity contribution is 9.10. The highest BCUT2D eigenvalue weighted by Crippen LogP contribution is 2.42. The van der Waals surface area contributed by atoms with Gasteiger partial charge < -0.3 is 9.72 Å². The number of hydrogen-bond donors (Lipinski definition) is 1. The molecule has 0 aliphatic carbocycles. The predicted molar refractivity (Wildman–Crippen MR) is 124 cm³/mol. The van der Waals surface area contributed by atoms with Crippen molar-refractivity contribution in [1.82, 2.24) is 4.98 Å². The number of rotatable bonds is 4. The number of fused-ring (bicyclic) bond motifs is 1. The van der Waals surface area contributed by atoms with Crippen molar-refractivity contribution >= 4 is 48.5 Å². The molecule has 2 unspecified atom stereocenters. The number of H-pyrrole nitrogens is 1. The molecule has 30 heavy (non-hydrogen) atoms. The average Bonchev–Trinajstić information content (AvgIpc) is 3.54. The number of nitrogens with one attached hydrogen (secondary N) is 1. The fourth-order valence-corrected chi connectivity index (χ4v) is 4.57. The first kappa shape index (κ1) is 19.4. The van der Waals surface area contributed by atoms with Crippen LogP contribution in [0, 0.1) is 0 Å². The first-order chi connectivity index (χ1) is 14.5. The molecular formula is C24H15Br2NO3. The molecule has 4 nitrogen and oxygen atoms in total. The van der Waals surface area contributed by atoms with Gasteiger partial charge in [0, 0.05) is 25.4 Å². The van der Waals surface area contributed by atoms with E-state index in [2.05, 4.69) is 36.8 Å². The number of aromatic nitrogens is 1. The second-order valence-corrected chi connectivity index (χ2v) is 8.99. The molecule has 1 N–H and O–H groups in total. The van der Waals surface area contributed by atoms with Crippen LogP contribution in [-0.4, -0.2) is 16.9 Å². The van der Waals surface area contributed by atoms with Gasteiger partial charge in [-0.15, -0.1) is 0 Å². The van der Waals surface area contributed by atoms with Gasteiger partial charge in [0.15, 0.2) is 6.10 Å². The number of benzene rings is 3. The van der Waals surface area contributed by atoms with Gasteiger partial charge in [-0.1, -0.05) is 74.3 Å². The lowest BCUT2D eigenvalue weighted by molar-refractivity contribution is 0.0953. The van der Waals surface area contributed by atoms with Gasteiger partial charge in [0.25, 0.3) is 5.56 Å². The molecule has 1 aliphatic rings. The number of ether oxygens (including phenoxy) is 1. The van der Waals surface area contributed by atoms with Crippen LogP contribution in [0.15, 0.2) is 86.5 Å². The maximum absolute atomic E-state index is 13.5. The summed E-state index contributed by atoms with van der Waals surface area (Å²) in [5, 5.41) is 0.804. The molecule has 3 aromatic carbocycles. The van der Waals surface area contributed by atoms with E-state index in [1.807, 2.05) is 72.8 Å². The van der Waals surface area contributed by atoms with E-state index in [9.17, 15) is 9.59 Å². The van der Waals surface area contributed by atoms with Crippen molar-refractivity contribution in [3.8, 4) is 11.1 Å². The van der Waals surface area contributed by atoms with E-state index in [-0.39, 0.29) is 17.5 Å². The predicted octanol–water partition coefficient (Wildman–Crippen LogP) is 6.04. The second-order valence-electron chi connectivity index (χ2n) is 7.16. The van der Waals surface area contributed by atoms with E-state index in [0.717, 1.165) is 25.5 Å². The lowest BCUT2D eigenvalue weighted by Gasteiger charge is -2.12. The number of carbonyl (C=O) groups is 1. The van der Waals surface area contributed by atoms with Crippen LogP contribution in [0.3, 0.4) is 0 Å². The van der Waals surface area contributed by atoms with Crippen molar-refractivity contribution in [3.05, 3.63) is 103 Å². The number of carbonyl (C=O) groups excluding carboxylic acids is 1. The third-order valence-electron chi connectivity index (χ3n) is 5.21. The lowest BCUT2D eigenvalue weighted by Crippen LogP contribution is -2.23. The summed E-state index contributed by atoms with van der Waals surface area (Å²) in [6, 6.07) is 22.8. The zero-order valence-corrected chi connectivity index (χ0v) is 18.7. The summed E-state index contributed by atoms with van der Waals surface area (Å²) in [5.74, 6) is -0.304. The van der Waals surface area contributed by atoms with Crippen LogP contribution >= 0.6 is 31.9 Å². The van der Waals surface area contributed by atoms with Crippen LogP contribution in [-0.2, 0) is 4.74 Å². The van der Waals surface area contributed by atoms with Crippen LogP contribution in [0.5, 0.6) is 0 Å². The van der Waals surface area contributed by atoms with Crippen molar-refractivity contribution in [2.45, 2.75) is 12.2 Å². The Bertz CT molecular complexity index is 1350. The van der Waals surface area contributed by atoms with E-state index < -0.39 is 11.7 Å². The minimum Gasteiger partial charge on any atom is -0.356 e. The molecular weight excluding hydrogens is 510 g/mol. The Kier molecular flexibility index (Phi) is 4.93. The number of ketones is 1. The van der Waals surface area contributed by atoms with Crippen molar-refractivity contribution < 1.29 is 9.53 Å². The Hall–Kier alpha value is -2.54. The molecule has 148 valence electrons. The van der Waals surface area contributed by atoms with Crippen LogP contribution in [0.2, 0.25) is 0 Å². The fraction of sp³-hybridized carbons (Fsp3) is 0.0833. The average molecular weight is 525 g/mol. The summed E-state index contributed by atoms with van der Waals surface area (Å²) in [4.78, 5) is 29.3. The lowest BCUT2D eigenvalue weighted by atomic mass is 9.92. The minimum absolute atomic E-state index is 0.134. The standard InChI is InChI=1S/C24H15Br2NO3/c25-15-8-4-7-14(11-15)22-23(30-22)21(28)20-19(13-5-2-1-3-6-13)17-12-16(26)9-10-18(17)27-24(20)29/h1-12,22-23H,(H,27,29). The minimum atomic E-state index is -0.674. The van der Waals surface area contributed by atoms with Crippen molar-refractivity contribution in [2.75, 3.05) is 0 Å². The Morgan fingerprint density at radius 2 is 1.67 bits per heavy atom. The van der Waals surface area contributed by atoms with Crippen LogP contribution in [0.1, 0.15) is 22.0 Å². The van der Waals surface area contributed by atoms with E-state index in [1.54, 1.807) is 0 Å². The quantitative estimate of drug-likeness (QED) is 0.261. The molecule has 0 saturated carbocycles. The number of Topliss-reactive ketones (excluding diaryl/α,β-unsaturated/α-hetero) is 1. The van der Waals surface area contributed by atoms with Crippen molar-refractivity contribution in [3.63, 3.8) is 0 Å². The summed E-state index contributed by atoms with van der Waals surface area (Å²) < 4.78 is 7.51. The Labute approximate surface area is 189 Å². The van der Waals surface area contributed by atoms with Gasteiger partial charge in [-0.25, -0.2) is 0 Å². The third-order valence-corrected chi connectivity index (χ3v) is 6.20. The number of halogens is 2. The van der Waals surface area contributed by atoms with Crippen LogP contribution in [0.4, 0.5) is 0 Å². The Morgan fingerprint density at radius 3 is 2.43 bits per heavy atom. The van der Waals surface area contributed by atoms with E-state index in [0.29, 0.717) is 11.1 Å². The normalized spacial score (nSPS) is 17.8. The molecule has 2 heterocycles. The maximum Gasteiger partial charge on any atom is 0.260 e. The summed E-state index contributed by atoms with van der Waals surface area (Å²) in [6.45, 7) is 0. The van der Waals surface area contributed by atoms with Crippen molar-refractivity contribution in [1.29, 1.82) is 0 Å². The summed E-state index contributed by atoms with van der Waals surface area (Å²) in [7, 11) is 0. The van der Waals surface area contributed by atoms with Gasteiger partial charge in [-0.3, -0.25) is 9.59 Å². The summed E-state index contributed by atoms with van der Waals surface area (Å²) in [6.07, 6.45) is -1.02. The zero-order valence-electron chi connectivity index (χ0n) is 15.6. The number of pyridine rings is 1. The molecule has 1 aromatic heterocycles. The molecule has 6 heteroatoms. The van der Waals surface area contributed by atoms with E-state index in [1.165, 1.54) is 0 Å². The van der Waals surface area contributed by atoms with Crippen LogP contribution < -0.4 is 5.56 Å². The van der Waals surface area contributed by atoms with Gasteiger partial charge in [-0.2, -0.15) is 0 Å². The first-order valence-electron chi connectivity index (χ1n) is 9.39. The molecule has 1 fully saturated rings. The molecule has 0 bridgehead atoms. The summed E-state index contributed by atoms with van der Waals surface area (Å²) >= 11 is 6.95.